The molecule has 12 heavy (non-hydrogen) atoms. The molecule has 1 rings (SSSR count). The lowest BCUT2D eigenvalue weighted by molar-refractivity contribution is -0.193. The van der Waals surface area contributed by atoms with Crippen LogP contribution in [0.2, 0.25) is 0 Å². The van der Waals surface area contributed by atoms with Gasteiger partial charge in [-0.05, 0) is 26.4 Å². The fourth-order valence-corrected chi connectivity index (χ4v) is 1.45. The molecule has 1 aliphatic heterocycles. The predicted octanol–water partition coefficient (Wildman–Crippen LogP) is -0.296. The summed E-state index contributed by atoms with van der Waals surface area (Å²) in [5.74, 6) is -2.02. The van der Waals surface area contributed by atoms with E-state index in [-0.39, 0.29) is 6.04 Å². The van der Waals surface area contributed by atoms with Gasteiger partial charge in [0.2, 0.25) is 5.91 Å². The topological polar surface area (TPSA) is 69.7 Å². The summed E-state index contributed by atoms with van der Waals surface area (Å²) in [4.78, 5) is 1.86. The third kappa shape index (κ3) is 3.06. The van der Waals surface area contributed by atoms with Crippen molar-refractivity contribution in [2.75, 3.05) is 13.6 Å². The quantitative estimate of drug-likeness (QED) is 0.480. The van der Waals surface area contributed by atoms with Crippen LogP contribution in [0, 0.1) is 0 Å². The highest BCUT2D eigenvalue weighted by Crippen LogP contribution is 2.20. The summed E-state index contributed by atoms with van der Waals surface area (Å²) in [5, 5.41) is 18.0. The third-order valence-electron chi connectivity index (χ3n) is 2.01. The third-order valence-corrected chi connectivity index (χ3v) is 2.01. The molecule has 0 bridgehead atoms. The molecule has 1 atom stereocenters. The van der Waals surface area contributed by atoms with Crippen LogP contribution in [-0.4, -0.2) is 40.7 Å². The van der Waals surface area contributed by atoms with E-state index in [4.69, 9.17) is 15.9 Å². The second-order valence-electron chi connectivity index (χ2n) is 2.92. The zero-order chi connectivity index (χ0) is 9.78. The molecule has 1 aliphatic rings. The molecule has 74 valence electrons. The summed E-state index contributed by atoms with van der Waals surface area (Å²) in [6.45, 7) is 4.89. The van der Waals surface area contributed by atoms with Gasteiger partial charge in [-0.25, -0.2) is 0 Å². The molecule has 4 N–H and O–H groups in total. The van der Waals surface area contributed by atoms with Gasteiger partial charge in [-0.1, -0.05) is 13.8 Å². The van der Waals surface area contributed by atoms with Crippen LogP contribution in [0.3, 0.4) is 0 Å². The second kappa shape index (κ2) is 4.77. The van der Waals surface area contributed by atoms with E-state index in [2.05, 4.69) is 0 Å². The molecule has 0 aromatic carbocycles. The molecule has 1 unspecified atom stereocenters. The summed E-state index contributed by atoms with van der Waals surface area (Å²) in [7, 11) is 1.84. The normalized spacial score (nSPS) is 25.0. The molecular weight excluding hydrogens is 156 g/mol. The SMILES string of the molecule is CC.CN1CCCC1C(N)(O)O. The number of likely N-dealkylation sites (N-methyl/N-ethyl adjacent to an activating group) is 1. The number of nitrogens with zero attached hydrogens (tertiary/aromatic N) is 1. The van der Waals surface area contributed by atoms with Gasteiger partial charge < -0.3 is 10.2 Å². The Balaban J connectivity index is 0.000000561. The Morgan fingerprint density at radius 1 is 1.42 bits per heavy atom. The van der Waals surface area contributed by atoms with Gasteiger partial charge in [0, 0.05) is 0 Å². The molecule has 0 saturated carbocycles. The lowest BCUT2D eigenvalue weighted by atomic mass is 10.1. The Bertz CT molecular complexity index is 123. The first-order valence-corrected chi connectivity index (χ1v) is 4.45. The maximum absolute atomic E-state index is 8.98. The van der Waals surface area contributed by atoms with E-state index in [1.165, 1.54) is 0 Å². The number of aliphatic hydroxyl groups is 2. The van der Waals surface area contributed by atoms with Gasteiger partial charge in [0.05, 0.1) is 6.04 Å². The van der Waals surface area contributed by atoms with Crippen LogP contribution in [0.1, 0.15) is 26.7 Å². The molecule has 4 heteroatoms. The molecular formula is C8H20N2O2. The number of rotatable bonds is 1. The van der Waals surface area contributed by atoms with Crippen LogP contribution in [-0.2, 0) is 0 Å². The van der Waals surface area contributed by atoms with Crippen molar-refractivity contribution in [3.8, 4) is 0 Å². The first-order valence-electron chi connectivity index (χ1n) is 4.45. The van der Waals surface area contributed by atoms with Crippen molar-refractivity contribution in [2.24, 2.45) is 5.73 Å². The minimum Gasteiger partial charge on any atom is -0.352 e. The average molecular weight is 176 g/mol. The molecule has 1 saturated heterocycles. The zero-order valence-corrected chi connectivity index (χ0v) is 8.12. The molecule has 1 heterocycles. The maximum atomic E-state index is 8.98. The number of likely N-dealkylation sites (tertiary alicyclic amines) is 1. The van der Waals surface area contributed by atoms with Crippen LogP contribution in [0.4, 0.5) is 0 Å². The van der Waals surface area contributed by atoms with Crippen molar-refractivity contribution in [3.63, 3.8) is 0 Å². The maximum Gasteiger partial charge on any atom is 0.236 e. The number of nitrogens with two attached hydrogens (primary N) is 1. The smallest absolute Gasteiger partial charge is 0.236 e. The highest BCUT2D eigenvalue weighted by atomic mass is 16.5. The van der Waals surface area contributed by atoms with Crippen LogP contribution < -0.4 is 5.73 Å². The minimum atomic E-state index is -2.02. The molecule has 0 aliphatic carbocycles. The second-order valence-corrected chi connectivity index (χ2v) is 2.92. The van der Waals surface area contributed by atoms with Crippen molar-refractivity contribution >= 4 is 0 Å². The summed E-state index contributed by atoms with van der Waals surface area (Å²) in [6.07, 6.45) is 1.75. The molecule has 1 fully saturated rings. The van der Waals surface area contributed by atoms with Crippen molar-refractivity contribution < 1.29 is 10.2 Å². The van der Waals surface area contributed by atoms with E-state index in [1.807, 2.05) is 25.8 Å². The average Bonchev–Trinajstić information content (AvgIpc) is 2.38. The summed E-state index contributed by atoms with van der Waals surface area (Å²) >= 11 is 0. The Labute approximate surface area is 74.0 Å². The first kappa shape index (κ1) is 11.8. The van der Waals surface area contributed by atoms with E-state index < -0.39 is 5.91 Å². The molecule has 0 amide bonds. The van der Waals surface area contributed by atoms with E-state index in [0.29, 0.717) is 0 Å². The van der Waals surface area contributed by atoms with Gasteiger partial charge in [0.1, 0.15) is 0 Å². The largest absolute Gasteiger partial charge is 0.352 e. The lowest BCUT2D eigenvalue weighted by Gasteiger charge is -2.28. The Kier molecular flexibility index (Phi) is 4.70. The van der Waals surface area contributed by atoms with Gasteiger partial charge in [-0.3, -0.25) is 10.6 Å². The molecule has 4 nitrogen and oxygen atoms in total. The van der Waals surface area contributed by atoms with Gasteiger partial charge in [0.25, 0.3) is 0 Å². The molecule has 0 radical (unpaired) electrons. The van der Waals surface area contributed by atoms with Crippen molar-refractivity contribution in [2.45, 2.75) is 38.6 Å². The Morgan fingerprint density at radius 2 is 1.92 bits per heavy atom. The highest BCUT2D eigenvalue weighted by Gasteiger charge is 2.36. The van der Waals surface area contributed by atoms with E-state index in [0.717, 1.165) is 19.4 Å². The Morgan fingerprint density at radius 3 is 2.08 bits per heavy atom. The van der Waals surface area contributed by atoms with Crippen LogP contribution >= 0.6 is 0 Å². The minimum absolute atomic E-state index is 0.299. The van der Waals surface area contributed by atoms with Crippen LogP contribution in [0.25, 0.3) is 0 Å². The van der Waals surface area contributed by atoms with Crippen molar-refractivity contribution in [1.82, 2.24) is 4.90 Å². The molecule has 0 aromatic rings. The van der Waals surface area contributed by atoms with E-state index in [9.17, 15) is 0 Å². The molecule has 0 spiro atoms. The molecule has 0 aromatic heterocycles. The highest BCUT2D eigenvalue weighted by molar-refractivity contribution is 4.83. The van der Waals surface area contributed by atoms with Gasteiger partial charge in [-0.15, -0.1) is 0 Å². The zero-order valence-electron chi connectivity index (χ0n) is 8.12. The number of hydrogen-bond acceptors (Lipinski definition) is 4. The van der Waals surface area contributed by atoms with E-state index >= 15 is 0 Å². The number of hydrogen-bond donors (Lipinski definition) is 3. The van der Waals surface area contributed by atoms with E-state index in [1.54, 1.807) is 0 Å². The van der Waals surface area contributed by atoms with Gasteiger partial charge in [-0.2, -0.15) is 0 Å². The standard InChI is InChI=1S/C6H14N2O2.C2H6/c1-8-4-2-3-5(8)6(7,9)10;1-2/h5,9-10H,2-4,7H2,1H3;1-2H3. The fraction of sp³-hybridized carbons (Fsp3) is 1.00. The summed E-state index contributed by atoms with van der Waals surface area (Å²) in [5.41, 5.74) is 5.10. The lowest BCUT2D eigenvalue weighted by Crippen LogP contribution is -2.55. The first-order chi connectivity index (χ1) is 5.52. The summed E-state index contributed by atoms with van der Waals surface area (Å²) < 4.78 is 0. The predicted molar refractivity (Wildman–Crippen MR) is 48.4 cm³/mol. The fourth-order valence-electron chi connectivity index (χ4n) is 1.45. The van der Waals surface area contributed by atoms with Crippen molar-refractivity contribution in [3.05, 3.63) is 0 Å². The van der Waals surface area contributed by atoms with Crippen LogP contribution in [0.15, 0.2) is 0 Å². The Hall–Kier alpha value is -0.160. The van der Waals surface area contributed by atoms with Crippen LogP contribution in [0.5, 0.6) is 0 Å². The van der Waals surface area contributed by atoms with Crippen molar-refractivity contribution in [1.29, 1.82) is 0 Å². The summed E-state index contributed by atoms with van der Waals surface area (Å²) in [6, 6.07) is -0.299. The monoisotopic (exact) mass is 176 g/mol. The van der Waals surface area contributed by atoms with Gasteiger partial charge >= 0.3 is 0 Å². The van der Waals surface area contributed by atoms with Gasteiger partial charge in [0.15, 0.2) is 0 Å².